The third kappa shape index (κ3) is 2.93. The van der Waals surface area contributed by atoms with Gasteiger partial charge in [-0.25, -0.2) is 4.98 Å². The number of hydrogen-bond acceptors (Lipinski definition) is 5. The third-order valence-electron chi connectivity index (χ3n) is 3.87. The van der Waals surface area contributed by atoms with Crippen molar-refractivity contribution in [2.45, 2.75) is 58.4 Å². The maximum Gasteiger partial charge on any atom is 0.185 e. The molecule has 1 aromatic rings. The molecule has 0 spiro atoms. The lowest BCUT2D eigenvalue weighted by Crippen LogP contribution is -2.42. The van der Waals surface area contributed by atoms with E-state index >= 15 is 0 Å². The van der Waals surface area contributed by atoms with E-state index < -0.39 is 0 Å². The van der Waals surface area contributed by atoms with Crippen LogP contribution in [0.3, 0.4) is 0 Å². The Hall–Kier alpha value is -0.650. The standard InChI is InChI=1S/C14H23N3OS/c1-9(2)15-6-13-10(3)16-14(19-13)17-7-11-4-5-12(8-17)18-11/h9,11-12,15H,4-8H2,1-3H3. The number of ether oxygens (including phenoxy) is 1. The Morgan fingerprint density at radius 3 is 2.68 bits per heavy atom. The SMILES string of the molecule is Cc1nc(N2CC3CCC(C2)O3)sc1CNC(C)C. The average molecular weight is 281 g/mol. The van der Waals surface area contributed by atoms with Gasteiger partial charge >= 0.3 is 0 Å². The fourth-order valence-corrected chi connectivity index (χ4v) is 3.81. The van der Waals surface area contributed by atoms with Gasteiger partial charge in [-0.2, -0.15) is 0 Å². The first-order valence-electron chi connectivity index (χ1n) is 7.22. The molecule has 3 heterocycles. The highest BCUT2D eigenvalue weighted by Gasteiger charge is 2.34. The summed E-state index contributed by atoms with van der Waals surface area (Å²) < 4.78 is 5.89. The number of morpholine rings is 1. The van der Waals surface area contributed by atoms with E-state index in [4.69, 9.17) is 9.72 Å². The van der Waals surface area contributed by atoms with Crippen LogP contribution in [0.15, 0.2) is 0 Å². The Morgan fingerprint density at radius 2 is 2.05 bits per heavy atom. The first kappa shape index (κ1) is 13.3. The van der Waals surface area contributed by atoms with Crippen LogP contribution in [0.2, 0.25) is 0 Å². The molecule has 2 saturated heterocycles. The van der Waals surface area contributed by atoms with Crippen molar-refractivity contribution < 1.29 is 4.74 Å². The smallest absolute Gasteiger partial charge is 0.185 e. The Bertz CT molecular complexity index is 434. The molecular weight excluding hydrogens is 258 g/mol. The molecule has 0 aromatic carbocycles. The molecule has 2 aliphatic rings. The zero-order valence-electron chi connectivity index (χ0n) is 12.0. The largest absolute Gasteiger partial charge is 0.371 e. The van der Waals surface area contributed by atoms with Crippen LogP contribution in [0.25, 0.3) is 0 Å². The van der Waals surface area contributed by atoms with E-state index in [1.165, 1.54) is 28.5 Å². The van der Waals surface area contributed by atoms with Crippen molar-refractivity contribution in [2.75, 3.05) is 18.0 Å². The van der Waals surface area contributed by atoms with Crippen molar-refractivity contribution in [2.24, 2.45) is 0 Å². The van der Waals surface area contributed by atoms with Gasteiger partial charge in [0.1, 0.15) is 0 Å². The molecule has 2 atom stereocenters. The van der Waals surface area contributed by atoms with Crippen LogP contribution < -0.4 is 10.2 Å². The summed E-state index contributed by atoms with van der Waals surface area (Å²) in [6.07, 6.45) is 3.29. The summed E-state index contributed by atoms with van der Waals surface area (Å²) in [5.41, 5.74) is 1.17. The molecule has 0 aliphatic carbocycles. The molecule has 5 heteroatoms. The van der Waals surface area contributed by atoms with Crippen LogP contribution in [0.4, 0.5) is 5.13 Å². The molecule has 106 valence electrons. The summed E-state index contributed by atoms with van der Waals surface area (Å²) in [5, 5.41) is 4.65. The normalized spacial score (nSPS) is 26.4. The highest BCUT2D eigenvalue weighted by molar-refractivity contribution is 7.15. The maximum atomic E-state index is 5.89. The topological polar surface area (TPSA) is 37.4 Å². The Balaban J connectivity index is 1.69. The van der Waals surface area contributed by atoms with E-state index in [0.717, 1.165) is 19.6 Å². The van der Waals surface area contributed by atoms with Gasteiger partial charge in [0.05, 0.1) is 17.9 Å². The van der Waals surface area contributed by atoms with Crippen molar-refractivity contribution >= 4 is 16.5 Å². The number of thiazole rings is 1. The minimum atomic E-state index is 0.431. The van der Waals surface area contributed by atoms with Gasteiger partial charge in [0.15, 0.2) is 5.13 Å². The minimum Gasteiger partial charge on any atom is -0.371 e. The number of nitrogens with one attached hydrogen (secondary N) is 1. The molecule has 19 heavy (non-hydrogen) atoms. The molecule has 1 aromatic heterocycles. The second-order valence-corrected chi connectivity index (χ2v) is 6.97. The summed E-state index contributed by atoms with van der Waals surface area (Å²) in [4.78, 5) is 8.54. The summed E-state index contributed by atoms with van der Waals surface area (Å²) in [6.45, 7) is 9.43. The van der Waals surface area contributed by atoms with Crippen LogP contribution in [0, 0.1) is 6.92 Å². The number of hydrogen-bond donors (Lipinski definition) is 1. The fraction of sp³-hybridized carbons (Fsp3) is 0.786. The summed E-state index contributed by atoms with van der Waals surface area (Å²) in [5.74, 6) is 0. The van der Waals surface area contributed by atoms with Crippen LogP contribution in [0.5, 0.6) is 0 Å². The maximum absolute atomic E-state index is 5.89. The second kappa shape index (κ2) is 5.38. The van der Waals surface area contributed by atoms with Gasteiger partial charge in [0, 0.05) is 30.6 Å². The van der Waals surface area contributed by atoms with Crippen LogP contribution >= 0.6 is 11.3 Å². The monoisotopic (exact) mass is 281 g/mol. The second-order valence-electron chi connectivity index (χ2n) is 5.90. The predicted molar refractivity (Wildman–Crippen MR) is 78.9 cm³/mol. The lowest BCUT2D eigenvalue weighted by Gasteiger charge is -2.31. The number of aryl methyl sites for hydroxylation is 1. The Labute approximate surface area is 119 Å². The fourth-order valence-electron chi connectivity index (χ4n) is 2.78. The minimum absolute atomic E-state index is 0.431. The zero-order chi connectivity index (χ0) is 13.4. The molecule has 4 nitrogen and oxygen atoms in total. The lowest BCUT2D eigenvalue weighted by atomic mass is 10.2. The van der Waals surface area contributed by atoms with Crippen molar-refractivity contribution in [3.63, 3.8) is 0 Å². The lowest BCUT2D eigenvalue weighted by molar-refractivity contribution is 0.0305. The molecule has 2 bridgehead atoms. The van der Waals surface area contributed by atoms with Gasteiger partial charge in [0.2, 0.25) is 0 Å². The van der Waals surface area contributed by atoms with Gasteiger partial charge in [-0.3, -0.25) is 0 Å². The molecule has 2 unspecified atom stereocenters. The van der Waals surface area contributed by atoms with Crippen molar-refractivity contribution in [1.82, 2.24) is 10.3 Å². The van der Waals surface area contributed by atoms with Gasteiger partial charge in [-0.05, 0) is 19.8 Å². The van der Waals surface area contributed by atoms with E-state index in [1.54, 1.807) is 0 Å². The molecule has 0 radical (unpaired) electrons. The van der Waals surface area contributed by atoms with E-state index in [1.807, 2.05) is 11.3 Å². The van der Waals surface area contributed by atoms with E-state index in [-0.39, 0.29) is 0 Å². The van der Waals surface area contributed by atoms with Crippen LogP contribution in [-0.4, -0.2) is 36.3 Å². The van der Waals surface area contributed by atoms with Gasteiger partial charge < -0.3 is 15.0 Å². The van der Waals surface area contributed by atoms with Crippen molar-refractivity contribution in [3.8, 4) is 0 Å². The number of anilines is 1. The third-order valence-corrected chi connectivity index (χ3v) is 5.08. The number of nitrogens with zero attached hydrogens (tertiary/aromatic N) is 2. The van der Waals surface area contributed by atoms with Gasteiger partial charge in [-0.15, -0.1) is 11.3 Å². The number of aromatic nitrogens is 1. The molecule has 2 aliphatic heterocycles. The summed E-state index contributed by atoms with van der Waals surface area (Å²) in [6, 6.07) is 0.518. The van der Waals surface area contributed by atoms with Crippen molar-refractivity contribution in [1.29, 1.82) is 0 Å². The first-order chi connectivity index (χ1) is 9.11. The van der Waals surface area contributed by atoms with Crippen molar-refractivity contribution in [3.05, 3.63) is 10.6 Å². The quantitative estimate of drug-likeness (QED) is 0.919. The van der Waals surface area contributed by atoms with Gasteiger partial charge in [-0.1, -0.05) is 13.8 Å². The molecule has 0 amide bonds. The van der Waals surface area contributed by atoms with E-state index in [9.17, 15) is 0 Å². The zero-order valence-corrected chi connectivity index (χ0v) is 12.8. The molecule has 2 fully saturated rings. The average Bonchev–Trinajstić information content (AvgIpc) is 2.90. The molecule has 1 N–H and O–H groups in total. The van der Waals surface area contributed by atoms with Crippen LogP contribution in [0.1, 0.15) is 37.3 Å². The molecule has 0 saturated carbocycles. The molecular formula is C14H23N3OS. The Morgan fingerprint density at radius 1 is 1.37 bits per heavy atom. The Kier molecular flexibility index (Phi) is 3.78. The summed E-state index contributed by atoms with van der Waals surface area (Å²) in [7, 11) is 0. The first-order valence-corrected chi connectivity index (χ1v) is 8.03. The van der Waals surface area contributed by atoms with Crippen LogP contribution in [-0.2, 0) is 11.3 Å². The van der Waals surface area contributed by atoms with E-state index in [0.29, 0.717) is 18.2 Å². The predicted octanol–water partition coefficient (Wildman–Crippen LogP) is 2.32. The summed E-state index contributed by atoms with van der Waals surface area (Å²) >= 11 is 1.84. The number of fused-ring (bicyclic) bond motifs is 2. The highest BCUT2D eigenvalue weighted by atomic mass is 32.1. The van der Waals surface area contributed by atoms with E-state index in [2.05, 4.69) is 31.0 Å². The molecule has 3 rings (SSSR count). The van der Waals surface area contributed by atoms with Gasteiger partial charge in [0.25, 0.3) is 0 Å². The number of rotatable bonds is 4. The highest BCUT2D eigenvalue weighted by Crippen LogP contribution is 2.33.